The first-order valence-corrected chi connectivity index (χ1v) is 6.37. The molecule has 5 heteroatoms. The first kappa shape index (κ1) is 11.4. The molecule has 0 amide bonds. The topological polar surface area (TPSA) is 36.4 Å². The lowest BCUT2D eigenvalue weighted by Gasteiger charge is -2.09. The minimum Gasteiger partial charge on any atom is -0.332 e. The number of hydrogen-bond donors (Lipinski definition) is 2. The van der Waals surface area contributed by atoms with Gasteiger partial charge in [0.05, 0.1) is 6.54 Å². The Morgan fingerprint density at radius 1 is 1.38 bits per heavy atom. The number of para-hydroxylation sites is 1. The van der Waals surface area contributed by atoms with Crippen LogP contribution in [0.3, 0.4) is 0 Å². The van der Waals surface area contributed by atoms with Crippen LogP contribution in [-0.2, 0) is 0 Å². The number of nitrogens with zero attached hydrogens (tertiary/aromatic N) is 1. The zero-order valence-corrected chi connectivity index (χ0v) is 10.6. The van der Waals surface area contributed by atoms with Crippen LogP contribution in [0.25, 0.3) is 0 Å². The molecule has 0 saturated carbocycles. The maximum atomic E-state index is 5.19. The van der Waals surface area contributed by atoms with Gasteiger partial charge in [0.15, 0.2) is 10.3 Å². The van der Waals surface area contributed by atoms with Crippen LogP contribution in [0, 0.1) is 0 Å². The molecule has 0 unspecified atom stereocenters. The van der Waals surface area contributed by atoms with Gasteiger partial charge in [-0.15, -0.1) is 0 Å². The fourth-order valence-electron chi connectivity index (χ4n) is 1.33. The van der Waals surface area contributed by atoms with Crippen molar-refractivity contribution in [2.24, 2.45) is 4.99 Å². The molecule has 16 heavy (non-hydrogen) atoms. The summed E-state index contributed by atoms with van der Waals surface area (Å²) < 4.78 is 0. The third kappa shape index (κ3) is 3.21. The molecule has 2 rings (SSSR count). The van der Waals surface area contributed by atoms with Gasteiger partial charge in [0, 0.05) is 10.9 Å². The van der Waals surface area contributed by atoms with Crippen LogP contribution in [0.5, 0.6) is 0 Å². The summed E-state index contributed by atoms with van der Waals surface area (Å²) >= 11 is 6.91. The van der Waals surface area contributed by atoms with E-state index >= 15 is 0 Å². The monoisotopic (exact) mass is 251 g/mol. The Morgan fingerprint density at radius 3 is 2.75 bits per heavy atom. The zero-order chi connectivity index (χ0) is 11.4. The molecule has 0 bridgehead atoms. The van der Waals surface area contributed by atoms with E-state index in [1.54, 1.807) is 11.8 Å². The van der Waals surface area contributed by atoms with E-state index in [0.29, 0.717) is 10.4 Å². The standard InChI is InChI=1S/C11H13N3S2/c1-8-7-12-11(16-8)14-10(15)13-9-5-3-2-4-6-9/h2-6,8H,7H2,1H3,(H2,12,13,14,15)/t8-/m1/s1. The van der Waals surface area contributed by atoms with Gasteiger partial charge in [-0.3, -0.25) is 4.99 Å². The number of thioether (sulfide) groups is 1. The van der Waals surface area contributed by atoms with E-state index in [2.05, 4.69) is 22.5 Å². The van der Waals surface area contributed by atoms with Crippen LogP contribution in [0.15, 0.2) is 35.3 Å². The van der Waals surface area contributed by atoms with Gasteiger partial charge in [-0.2, -0.15) is 0 Å². The normalized spacial score (nSPS) is 19.1. The molecule has 0 saturated heterocycles. The summed E-state index contributed by atoms with van der Waals surface area (Å²) in [5.74, 6) is 0. The smallest absolute Gasteiger partial charge is 0.176 e. The highest BCUT2D eigenvalue weighted by Crippen LogP contribution is 2.18. The lowest BCUT2D eigenvalue weighted by molar-refractivity contribution is 0.973. The Labute approximate surface area is 105 Å². The summed E-state index contributed by atoms with van der Waals surface area (Å²) in [5, 5.41) is 8.24. The van der Waals surface area contributed by atoms with E-state index in [1.807, 2.05) is 30.3 Å². The molecule has 0 fully saturated rings. The number of amidine groups is 1. The van der Waals surface area contributed by atoms with Crippen molar-refractivity contribution in [3.63, 3.8) is 0 Å². The highest BCUT2D eigenvalue weighted by molar-refractivity contribution is 8.14. The molecular formula is C11H13N3S2. The van der Waals surface area contributed by atoms with Gasteiger partial charge in [-0.25, -0.2) is 0 Å². The zero-order valence-electron chi connectivity index (χ0n) is 8.93. The van der Waals surface area contributed by atoms with Crippen LogP contribution in [-0.4, -0.2) is 22.1 Å². The van der Waals surface area contributed by atoms with Gasteiger partial charge in [0.25, 0.3) is 0 Å². The molecule has 84 valence electrons. The Morgan fingerprint density at radius 2 is 2.12 bits per heavy atom. The summed E-state index contributed by atoms with van der Waals surface area (Å²) in [6.45, 7) is 3.01. The molecule has 3 nitrogen and oxygen atoms in total. The average Bonchev–Trinajstić information content (AvgIpc) is 2.65. The van der Waals surface area contributed by atoms with Crippen LogP contribution < -0.4 is 10.6 Å². The second-order valence-electron chi connectivity index (χ2n) is 3.52. The van der Waals surface area contributed by atoms with E-state index in [4.69, 9.17) is 12.2 Å². The molecule has 0 aromatic heterocycles. The number of rotatable bonds is 1. The van der Waals surface area contributed by atoms with Crippen molar-refractivity contribution in [1.29, 1.82) is 0 Å². The third-order valence-electron chi connectivity index (χ3n) is 2.06. The van der Waals surface area contributed by atoms with Crippen molar-refractivity contribution in [2.45, 2.75) is 12.2 Å². The maximum absolute atomic E-state index is 5.19. The molecular weight excluding hydrogens is 238 g/mol. The third-order valence-corrected chi connectivity index (χ3v) is 3.27. The van der Waals surface area contributed by atoms with Crippen molar-refractivity contribution >= 4 is 39.9 Å². The van der Waals surface area contributed by atoms with Crippen LogP contribution >= 0.6 is 24.0 Å². The molecule has 1 aromatic rings. The molecule has 1 atom stereocenters. The van der Waals surface area contributed by atoms with Crippen molar-refractivity contribution in [3.05, 3.63) is 30.3 Å². The predicted octanol–water partition coefficient (Wildman–Crippen LogP) is 2.46. The van der Waals surface area contributed by atoms with E-state index in [1.165, 1.54) is 0 Å². The van der Waals surface area contributed by atoms with Gasteiger partial charge < -0.3 is 10.6 Å². The SMILES string of the molecule is C[C@@H]1CN=C(NC(=S)Nc2ccccc2)S1. The highest BCUT2D eigenvalue weighted by atomic mass is 32.2. The molecule has 1 aromatic carbocycles. The van der Waals surface area contributed by atoms with Gasteiger partial charge in [-0.05, 0) is 24.4 Å². The Kier molecular flexibility index (Phi) is 3.79. The van der Waals surface area contributed by atoms with E-state index in [-0.39, 0.29) is 0 Å². The highest BCUT2D eigenvalue weighted by Gasteiger charge is 2.15. The lowest BCUT2D eigenvalue weighted by Crippen LogP contribution is -2.31. The van der Waals surface area contributed by atoms with Crippen LogP contribution in [0.2, 0.25) is 0 Å². The van der Waals surface area contributed by atoms with Crippen molar-refractivity contribution < 1.29 is 0 Å². The van der Waals surface area contributed by atoms with Crippen LogP contribution in [0.1, 0.15) is 6.92 Å². The molecule has 1 heterocycles. The quantitative estimate of drug-likeness (QED) is 0.752. The number of thiocarbonyl (C=S) groups is 1. The van der Waals surface area contributed by atoms with Crippen molar-refractivity contribution in [2.75, 3.05) is 11.9 Å². The summed E-state index contributed by atoms with van der Waals surface area (Å²) in [4.78, 5) is 4.34. The number of anilines is 1. The summed E-state index contributed by atoms with van der Waals surface area (Å²) in [6, 6.07) is 9.85. The van der Waals surface area contributed by atoms with E-state index < -0.39 is 0 Å². The fourth-order valence-corrected chi connectivity index (χ4v) is 2.45. The number of aliphatic imine (C=N–C) groups is 1. The largest absolute Gasteiger partial charge is 0.332 e. The van der Waals surface area contributed by atoms with E-state index in [9.17, 15) is 0 Å². The fraction of sp³-hybridized carbons (Fsp3) is 0.273. The molecule has 0 aliphatic carbocycles. The Bertz CT molecular complexity index is 403. The molecule has 0 spiro atoms. The second-order valence-corrected chi connectivity index (χ2v) is 5.35. The summed E-state index contributed by atoms with van der Waals surface area (Å²) in [7, 11) is 0. The Balaban J connectivity index is 1.86. The molecule has 0 radical (unpaired) electrons. The second kappa shape index (κ2) is 5.32. The van der Waals surface area contributed by atoms with Gasteiger partial charge in [0.2, 0.25) is 0 Å². The number of hydrogen-bond acceptors (Lipinski definition) is 3. The first-order valence-electron chi connectivity index (χ1n) is 5.08. The summed E-state index contributed by atoms with van der Waals surface area (Å²) in [6.07, 6.45) is 0. The Hall–Kier alpha value is -1.07. The lowest BCUT2D eigenvalue weighted by atomic mass is 10.3. The minimum atomic E-state index is 0.544. The van der Waals surface area contributed by atoms with Crippen molar-refractivity contribution in [1.82, 2.24) is 5.32 Å². The number of nitrogens with one attached hydrogen (secondary N) is 2. The average molecular weight is 251 g/mol. The van der Waals surface area contributed by atoms with Gasteiger partial charge in [0.1, 0.15) is 0 Å². The van der Waals surface area contributed by atoms with E-state index in [0.717, 1.165) is 17.4 Å². The van der Waals surface area contributed by atoms with Crippen molar-refractivity contribution in [3.8, 4) is 0 Å². The molecule has 1 aliphatic heterocycles. The molecule has 1 aliphatic rings. The minimum absolute atomic E-state index is 0.544. The maximum Gasteiger partial charge on any atom is 0.176 e. The molecule has 2 N–H and O–H groups in total. The van der Waals surface area contributed by atoms with Gasteiger partial charge in [-0.1, -0.05) is 36.9 Å². The summed E-state index contributed by atoms with van der Waals surface area (Å²) in [5.41, 5.74) is 0.983. The van der Waals surface area contributed by atoms with Gasteiger partial charge >= 0.3 is 0 Å². The van der Waals surface area contributed by atoms with Crippen LogP contribution in [0.4, 0.5) is 5.69 Å². The predicted molar refractivity (Wildman–Crippen MR) is 75.2 cm³/mol. The number of benzene rings is 1. The first-order chi connectivity index (χ1) is 7.74.